The number of hydrogen-bond acceptors (Lipinski definition) is 5. The van der Waals surface area contributed by atoms with E-state index in [1.807, 2.05) is 12.1 Å². The second kappa shape index (κ2) is 13.1. The van der Waals surface area contributed by atoms with Crippen LogP contribution in [0.25, 0.3) is 16.7 Å². The maximum absolute atomic E-state index is 11.7. The third-order valence-electron chi connectivity index (χ3n) is 7.04. The van der Waals surface area contributed by atoms with Crippen molar-refractivity contribution in [1.82, 2.24) is 4.98 Å². The summed E-state index contributed by atoms with van der Waals surface area (Å²) < 4.78 is 12.1. The van der Waals surface area contributed by atoms with Gasteiger partial charge in [0, 0.05) is 24.0 Å². The topological polar surface area (TPSA) is 72.2 Å². The van der Waals surface area contributed by atoms with E-state index in [1.54, 1.807) is 18.3 Å². The summed E-state index contributed by atoms with van der Waals surface area (Å²) in [5.41, 5.74) is 9.82. The van der Waals surface area contributed by atoms with Crippen LogP contribution in [-0.4, -0.2) is 11.3 Å². The standard InChI is InChI=1S/C34H31ClN2O3/c1-5-26(6-2)29-10-8-12-31(23(29)4)30-11-7-9-27(22(30)3)21-40-34-15-33(28(19-38)14-32(34)35)39-20-25-13-24(16-36)17-37-18-25/h5,7-15,17-19H,6,20-21H2,1-4H3/b26-5+. The Morgan fingerprint density at radius 1 is 0.975 bits per heavy atom. The van der Waals surface area contributed by atoms with E-state index in [1.165, 1.54) is 34.5 Å². The fourth-order valence-corrected chi connectivity index (χ4v) is 5.01. The molecule has 0 unspecified atom stereocenters. The molecule has 0 bridgehead atoms. The van der Waals surface area contributed by atoms with Crippen molar-refractivity contribution in [3.63, 3.8) is 0 Å². The summed E-state index contributed by atoms with van der Waals surface area (Å²) in [5, 5.41) is 9.43. The average molecular weight is 551 g/mol. The largest absolute Gasteiger partial charge is 0.488 e. The van der Waals surface area contributed by atoms with Gasteiger partial charge in [-0.05, 0) is 78.3 Å². The van der Waals surface area contributed by atoms with Gasteiger partial charge in [-0.15, -0.1) is 0 Å². The Kier molecular flexibility index (Phi) is 9.37. The first-order valence-electron chi connectivity index (χ1n) is 13.1. The van der Waals surface area contributed by atoms with Crippen LogP contribution in [0.3, 0.4) is 0 Å². The molecule has 1 heterocycles. The van der Waals surface area contributed by atoms with Crippen molar-refractivity contribution in [2.45, 2.75) is 47.3 Å². The van der Waals surface area contributed by atoms with Crippen molar-refractivity contribution in [3.05, 3.63) is 117 Å². The molecule has 0 saturated heterocycles. The van der Waals surface area contributed by atoms with E-state index in [0.717, 1.165) is 23.1 Å². The molecule has 0 fully saturated rings. The molecule has 0 saturated carbocycles. The van der Waals surface area contributed by atoms with Crippen molar-refractivity contribution in [3.8, 4) is 28.7 Å². The number of ether oxygens (including phenoxy) is 2. The number of carbonyl (C=O) groups excluding carboxylic acids is 1. The molecule has 4 aromatic rings. The lowest BCUT2D eigenvalue weighted by molar-refractivity contribution is 0.111. The summed E-state index contributed by atoms with van der Waals surface area (Å²) in [7, 11) is 0. The molecule has 0 aliphatic rings. The predicted molar refractivity (Wildman–Crippen MR) is 160 cm³/mol. The highest BCUT2D eigenvalue weighted by Gasteiger charge is 2.15. The van der Waals surface area contributed by atoms with Gasteiger partial charge in [-0.1, -0.05) is 61.0 Å². The highest BCUT2D eigenvalue weighted by molar-refractivity contribution is 6.32. The van der Waals surface area contributed by atoms with Gasteiger partial charge < -0.3 is 9.47 Å². The summed E-state index contributed by atoms with van der Waals surface area (Å²) >= 11 is 6.47. The lowest BCUT2D eigenvalue weighted by Crippen LogP contribution is -2.03. The Morgan fingerprint density at radius 2 is 1.70 bits per heavy atom. The summed E-state index contributed by atoms with van der Waals surface area (Å²) in [4.78, 5) is 15.7. The van der Waals surface area contributed by atoms with Crippen molar-refractivity contribution < 1.29 is 14.3 Å². The van der Waals surface area contributed by atoms with Crippen LogP contribution < -0.4 is 9.47 Å². The van der Waals surface area contributed by atoms with Crippen LogP contribution in [0.5, 0.6) is 11.5 Å². The van der Waals surface area contributed by atoms with Crippen molar-refractivity contribution >= 4 is 23.5 Å². The molecule has 0 radical (unpaired) electrons. The zero-order valence-electron chi connectivity index (χ0n) is 23.1. The van der Waals surface area contributed by atoms with Gasteiger partial charge in [0.1, 0.15) is 30.8 Å². The van der Waals surface area contributed by atoms with Crippen LogP contribution in [0.4, 0.5) is 0 Å². The molecule has 0 spiro atoms. The minimum absolute atomic E-state index is 0.136. The maximum Gasteiger partial charge on any atom is 0.153 e. The summed E-state index contributed by atoms with van der Waals surface area (Å²) in [6, 6.07) is 19.6. The Morgan fingerprint density at radius 3 is 2.40 bits per heavy atom. The summed E-state index contributed by atoms with van der Waals surface area (Å²) in [6.45, 7) is 8.97. The molecule has 5 nitrogen and oxygen atoms in total. The van der Waals surface area contributed by atoms with E-state index in [9.17, 15) is 4.79 Å². The molecule has 0 N–H and O–H groups in total. The average Bonchev–Trinajstić information content (AvgIpc) is 2.98. The number of aromatic nitrogens is 1. The minimum atomic E-state index is 0.136. The third-order valence-corrected chi connectivity index (χ3v) is 7.33. The number of aldehydes is 1. The molecule has 4 rings (SSSR count). The number of carbonyl (C=O) groups is 1. The molecule has 202 valence electrons. The minimum Gasteiger partial charge on any atom is -0.488 e. The molecule has 40 heavy (non-hydrogen) atoms. The smallest absolute Gasteiger partial charge is 0.153 e. The van der Waals surface area contributed by atoms with E-state index in [2.05, 4.69) is 69.1 Å². The third kappa shape index (κ3) is 6.25. The van der Waals surface area contributed by atoms with E-state index in [4.69, 9.17) is 26.3 Å². The van der Waals surface area contributed by atoms with Gasteiger partial charge in [-0.2, -0.15) is 5.26 Å². The molecule has 0 aliphatic heterocycles. The molecule has 6 heteroatoms. The fraction of sp³-hybridized carbons (Fsp3) is 0.206. The summed E-state index contributed by atoms with van der Waals surface area (Å²) in [6.07, 6.45) is 6.95. The van der Waals surface area contributed by atoms with Gasteiger partial charge in [0.15, 0.2) is 6.29 Å². The zero-order chi connectivity index (χ0) is 28.6. The number of allylic oxidation sites excluding steroid dienone is 2. The number of pyridine rings is 1. The lowest BCUT2D eigenvalue weighted by atomic mass is 9.89. The molecule has 0 atom stereocenters. The van der Waals surface area contributed by atoms with E-state index in [0.29, 0.717) is 46.1 Å². The monoisotopic (exact) mass is 550 g/mol. The molecule has 1 aromatic heterocycles. The first-order chi connectivity index (χ1) is 19.4. The van der Waals surface area contributed by atoms with Crippen molar-refractivity contribution in [1.29, 1.82) is 5.26 Å². The van der Waals surface area contributed by atoms with Crippen LogP contribution >= 0.6 is 11.6 Å². The predicted octanol–water partition coefficient (Wildman–Crippen LogP) is 8.67. The number of benzene rings is 3. The quantitative estimate of drug-likeness (QED) is 0.185. The Labute approximate surface area is 240 Å². The molecular formula is C34H31ClN2O3. The number of rotatable bonds is 10. The van der Waals surface area contributed by atoms with Gasteiger partial charge in [0.25, 0.3) is 0 Å². The van der Waals surface area contributed by atoms with Gasteiger partial charge in [-0.25, -0.2) is 0 Å². The molecular weight excluding hydrogens is 520 g/mol. The number of halogens is 1. The fourth-order valence-electron chi connectivity index (χ4n) is 4.78. The Balaban J connectivity index is 1.58. The highest BCUT2D eigenvalue weighted by atomic mass is 35.5. The number of hydrogen-bond donors (Lipinski definition) is 0. The zero-order valence-corrected chi connectivity index (χ0v) is 23.9. The van der Waals surface area contributed by atoms with Crippen LogP contribution in [-0.2, 0) is 13.2 Å². The second-order valence-electron chi connectivity index (χ2n) is 9.44. The van der Waals surface area contributed by atoms with Gasteiger partial charge >= 0.3 is 0 Å². The first kappa shape index (κ1) is 28.6. The van der Waals surface area contributed by atoms with E-state index in [-0.39, 0.29) is 6.61 Å². The molecule has 0 amide bonds. The van der Waals surface area contributed by atoms with Crippen LogP contribution in [0.15, 0.2) is 73.1 Å². The number of nitrogens with zero attached hydrogens (tertiary/aromatic N) is 2. The Hall–Kier alpha value is -4.40. The Bertz CT molecular complexity index is 1620. The van der Waals surface area contributed by atoms with E-state index < -0.39 is 0 Å². The van der Waals surface area contributed by atoms with Crippen molar-refractivity contribution in [2.75, 3.05) is 0 Å². The second-order valence-corrected chi connectivity index (χ2v) is 9.85. The van der Waals surface area contributed by atoms with Crippen LogP contribution in [0, 0.1) is 25.2 Å². The van der Waals surface area contributed by atoms with Gasteiger partial charge in [0.05, 0.1) is 16.1 Å². The lowest BCUT2D eigenvalue weighted by Gasteiger charge is -2.18. The van der Waals surface area contributed by atoms with E-state index >= 15 is 0 Å². The molecule has 0 aliphatic carbocycles. The maximum atomic E-state index is 11.7. The molecule has 3 aromatic carbocycles. The van der Waals surface area contributed by atoms with Crippen LogP contribution in [0.1, 0.15) is 64.0 Å². The highest BCUT2D eigenvalue weighted by Crippen LogP contribution is 2.36. The number of nitriles is 1. The van der Waals surface area contributed by atoms with Crippen LogP contribution in [0.2, 0.25) is 5.02 Å². The van der Waals surface area contributed by atoms with Gasteiger partial charge in [0.2, 0.25) is 0 Å². The normalized spacial score (nSPS) is 11.2. The van der Waals surface area contributed by atoms with Gasteiger partial charge in [-0.3, -0.25) is 9.78 Å². The van der Waals surface area contributed by atoms with Crippen molar-refractivity contribution in [2.24, 2.45) is 0 Å². The SMILES string of the molecule is C/C=C(\CC)c1cccc(-c2cccc(COc3cc(OCc4cncc(C#N)c4)c(C=O)cc3Cl)c2C)c1C. The summed E-state index contributed by atoms with van der Waals surface area (Å²) in [5.74, 6) is 0.750. The first-order valence-corrected chi connectivity index (χ1v) is 13.5.